The van der Waals surface area contributed by atoms with E-state index in [1.165, 1.54) is 77.0 Å². The van der Waals surface area contributed by atoms with Gasteiger partial charge in [-0.1, -0.05) is 77.0 Å². The standard InChI is InChI=1S/C21H39O3P/c22-25(21-17-11-5-6-12-18-21,23-19-13-7-1-2-8-14-19)24-20-15-9-3-4-10-16-20/h19-21H,1-18H2. The zero-order valence-corrected chi connectivity index (χ0v) is 17.0. The second kappa shape index (κ2) is 10.5. The van der Waals surface area contributed by atoms with Crippen molar-refractivity contribution in [3.63, 3.8) is 0 Å². The number of hydrogen-bond donors (Lipinski definition) is 0. The van der Waals surface area contributed by atoms with E-state index in [-0.39, 0.29) is 17.9 Å². The van der Waals surface area contributed by atoms with Crippen LogP contribution in [0.25, 0.3) is 0 Å². The van der Waals surface area contributed by atoms with Crippen molar-refractivity contribution in [2.45, 2.75) is 133 Å². The molecule has 0 aromatic heterocycles. The fourth-order valence-corrected chi connectivity index (χ4v) is 7.53. The van der Waals surface area contributed by atoms with Gasteiger partial charge in [0.1, 0.15) is 0 Å². The summed E-state index contributed by atoms with van der Waals surface area (Å²) in [5.41, 5.74) is 0.154. The first kappa shape index (κ1) is 19.9. The van der Waals surface area contributed by atoms with E-state index < -0.39 is 7.60 Å². The van der Waals surface area contributed by atoms with Crippen LogP contribution in [-0.4, -0.2) is 17.9 Å². The molecule has 4 heteroatoms. The molecule has 0 bridgehead atoms. The molecule has 0 N–H and O–H groups in total. The van der Waals surface area contributed by atoms with E-state index in [1.807, 2.05) is 0 Å². The zero-order valence-electron chi connectivity index (χ0n) is 16.1. The smallest absolute Gasteiger partial charge is 0.305 e. The summed E-state index contributed by atoms with van der Waals surface area (Å²) in [6.45, 7) is 0. The summed E-state index contributed by atoms with van der Waals surface area (Å²) in [7, 11) is -3.00. The summed E-state index contributed by atoms with van der Waals surface area (Å²) in [4.78, 5) is 0. The lowest BCUT2D eigenvalue weighted by Crippen LogP contribution is -2.22. The highest BCUT2D eigenvalue weighted by Crippen LogP contribution is 2.60. The Labute approximate surface area is 155 Å². The van der Waals surface area contributed by atoms with E-state index in [1.54, 1.807) is 0 Å². The van der Waals surface area contributed by atoms with Gasteiger partial charge in [0, 0.05) is 0 Å². The average Bonchev–Trinajstić information content (AvgIpc) is 3.10. The van der Waals surface area contributed by atoms with Crippen molar-refractivity contribution >= 4 is 7.60 Å². The van der Waals surface area contributed by atoms with Crippen molar-refractivity contribution in [1.82, 2.24) is 0 Å². The van der Waals surface area contributed by atoms with Crippen molar-refractivity contribution in [2.75, 3.05) is 0 Å². The van der Waals surface area contributed by atoms with Crippen LogP contribution in [-0.2, 0) is 13.6 Å². The monoisotopic (exact) mass is 370 g/mol. The quantitative estimate of drug-likeness (QED) is 0.374. The average molecular weight is 371 g/mol. The lowest BCUT2D eigenvalue weighted by Gasteiger charge is -2.32. The first-order valence-electron chi connectivity index (χ1n) is 11.2. The van der Waals surface area contributed by atoms with E-state index >= 15 is 0 Å². The summed E-state index contributed by atoms with van der Waals surface area (Å²) in [6, 6.07) is 0. The molecular weight excluding hydrogens is 331 g/mol. The maximum absolute atomic E-state index is 14.0. The van der Waals surface area contributed by atoms with Gasteiger partial charge in [-0.05, 0) is 38.5 Å². The molecule has 3 aliphatic carbocycles. The lowest BCUT2D eigenvalue weighted by atomic mass is 10.2. The zero-order chi connectivity index (χ0) is 17.4. The van der Waals surface area contributed by atoms with Crippen LogP contribution < -0.4 is 0 Å². The summed E-state index contributed by atoms with van der Waals surface area (Å²) in [6.07, 6.45) is 21.8. The third kappa shape index (κ3) is 6.36. The molecule has 0 unspecified atom stereocenters. The van der Waals surface area contributed by atoms with Gasteiger partial charge in [-0.3, -0.25) is 4.57 Å². The van der Waals surface area contributed by atoms with Gasteiger partial charge in [-0.2, -0.15) is 0 Å². The van der Waals surface area contributed by atoms with Crippen LogP contribution in [0.3, 0.4) is 0 Å². The molecule has 0 heterocycles. The molecule has 146 valence electrons. The van der Waals surface area contributed by atoms with Crippen molar-refractivity contribution in [3.05, 3.63) is 0 Å². The molecular formula is C21H39O3P. The van der Waals surface area contributed by atoms with Crippen LogP contribution in [0.2, 0.25) is 0 Å². The number of rotatable bonds is 5. The molecule has 25 heavy (non-hydrogen) atoms. The molecule has 0 aromatic carbocycles. The van der Waals surface area contributed by atoms with E-state index in [2.05, 4.69) is 0 Å². The van der Waals surface area contributed by atoms with Crippen LogP contribution in [0.5, 0.6) is 0 Å². The highest BCUT2D eigenvalue weighted by Gasteiger charge is 2.40. The molecule has 0 atom stereocenters. The lowest BCUT2D eigenvalue weighted by molar-refractivity contribution is 0.0926. The van der Waals surface area contributed by atoms with Gasteiger partial charge in [-0.25, -0.2) is 0 Å². The van der Waals surface area contributed by atoms with Gasteiger partial charge in [0.25, 0.3) is 0 Å². The first-order chi connectivity index (χ1) is 12.3. The SMILES string of the molecule is O=P(OC1CCCCCC1)(OC1CCCCCC1)C1CCCCCC1. The fourth-order valence-electron chi connectivity index (χ4n) is 4.88. The van der Waals surface area contributed by atoms with Crippen LogP contribution in [0.1, 0.15) is 116 Å². The van der Waals surface area contributed by atoms with Gasteiger partial charge in [-0.15, -0.1) is 0 Å². The Morgan fingerprint density at radius 1 is 0.480 bits per heavy atom. The molecule has 0 radical (unpaired) electrons. The minimum absolute atomic E-state index is 0.154. The fraction of sp³-hybridized carbons (Fsp3) is 1.00. The Balaban J connectivity index is 1.69. The minimum Gasteiger partial charge on any atom is -0.305 e. The predicted molar refractivity (Wildman–Crippen MR) is 104 cm³/mol. The van der Waals surface area contributed by atoms with Gasteiger partial charge < -0.3 is 9.05 Å². The Bertz CT molecular complexity index is 375. The summed E-state index contributed by atoms with van der Waals surface area (Å²) in [5, 5.41) is 0. The third-order valence-electron chi connectivity index (χ3n) is 6.47. The van der Waals surface area contributed by atoms with Gasteiger partial charge >= 0.3 is 7.60 Å². The largest absolute Gasteiger partial charge is 0.334 e. The molecule has 3 nitrogen and oxygen atoms in total. The van der Waals surface area contributed by atoms with Crippen LogP contribution >= 0.6 is 7.60 Å². The van der Waals surface area contributed by atoms with E-state index in [0.717, 1.165) is 38.5 Å². The molecule has 0 aromatic rings. The Morgan fingerprint density at radius 2 is 0.800 bits per heavy atom. The van der Waals surface area contributed by atoms with E-state index in [0.29, 0.717) is 0 Å². The predicted octanol–water partition coefficient (Wildman–Crippen LogP) is 7.38. The molecule has 3 rings (SSSR count). The molecule has 3 aliphatic rings. The summed E-state index contributed by atoms with van der Waals surface area (Å²) in [5.74, 6) is 0. The van der Waals surface area contributed by atoms with Crippen molar-refractivity contribution in [2.24, 2.45) is 0 Å². The van der Waals surface area contributed by atoms with E-state index in [9.17, 15) is 4.57 Å². The molecule has 3 fully saturated rings. The maximum Gasteiger partial charge on any atom is 0.334 e. The molecule has 0 spiro atoms. The van der Waals surface area contributed by atoms with Crippen LogP contribution in [0.15, 0.2) is 0 Å². The van der Waals surface area contributed by atoms with Crippen molar-refractivity contribution in [1.29, 1.82) is 0 Å². The second-order valence-corrected chi connectivity index (χ2v) is 10.9. The Morgan fingerprint density at radius 3 is 1.16 bits per heavy atom. The molecule has 3 saturated carbocycles. The second-order valence-electron chi connectivity index (χ2n) is 8.62. The molecule has 0 aliphatic heterocycles. The molecule has 0 amide bonds. The van der Waals surface area contributed by atoms with Gasteiger partial charge in [0.2, 0.25) is 0 Å². The van der Waals surface area contributed by atoms with Crippen molar-refractivity contribution in [3.8, 4) is 0 Å². The third-order valence-corrected chi connectivity index (χ3v) is 9.06. The topological polar surface area (TPSA) is 35.5 Å². The highest BCUT2D eigenvalue weighted by molar-refractivity contribution is 7.54. The Hall–Kier alpha value is 0.150. The first-order valence-corrected chi connectivity index (χ1v) is 12.8. The Kier molecular flexibility index (Phi) is 8.34. The summed E-state index contributed by atoms with van der Waals surface area (Å²) >= 11 is 0. The highest BCUT2D eigenvalue weighted by atomic mass is 31.2. The van der Waals surface area contributed by atoms with Gasteiger partial charge in [0.15, 0.2) is 0 Å². The summed E-state index contributed by atoms with van der Waals surface area (Å²) < 4.78 is 26.9. The number of hydrogen-bond acceptors (Lipinski definition) is 3. The normalized spacial score (nSPS) is 26.7. The molecule has 0 saturated heterocycles. The maximum atomic E-state index is 14.0. The van der Waals surface area contributed by atoms with Crippen molar-refractivity contribution < 1.29 is 13.6 Å². The van der Waals surface area contributed by atoms with Crippen LogP contribution in [0, 0.1) is 0 Å². The van der Waals surface area contributed by atoms with E-state index in [4.69, 9.17) is 9.05 Å². The van der Waals surface area contributed by atoms with Crippen LogP contribution in [0.4, 0.5) is 0 Å². The van der Waals surface area contributed by atoms with Gasteiger partial charge in [0.05, 0.1) is 17.9 Å². The minimum atomic E-state index is -3.00.